The van der Waals surface area contributed by atoms with Gasteiger partial charge < -0.3 is 16.0 Å². The van der Waals surface area contributed by atoms with Crippen molar-refractivity contribution in [1.82, 2.24) is 10.6 Å². The highest BCUT2D eigenvalue weighted by atomic mass is 19.1. The molecule has 0 saturated heterocycles. The third-order valence-corrected chi connectivity index (χ3v) is 3.55. The molecule has 1 aromatic rings. The predicted octanol–water partition coefficient (Wildman–Crippen LogP) is 2.26. The molecule has 0 unspecified atom stereocenters. The van der Waals surface area contributed by atoms with E-state index in [-0.39, 0.29) is 18.3 Å². The van der Waals surface area contributed by atoms with Gasteiger partial charge in [-0.15, -0.1) is 0 Å². The summed E-state index contributed by atoms with van der Waals surface area (Å²) in [6.07, 6.45) is 4.77. The monoisotopic (exact) mass is 306 g/mol. The zero-order valence-corrected chi connectivity index (χ0v) is 12.9. The Morgan fingerprint density at radius 1 is 1.27 bits per heavy atom. The van der Waals surface area contributed by atoms with Crippen molar-refractivity contribution in [1.29, 1.82) is 0 Å². The first kappa shape index (κ1) is 16.3. The normalized spacial score (nSPS) is 15.6. The molecular formula is C16H23FN4O. The standard InChI is InChI=1S/C16H23FN4O/c1-2-18-16(21-13-5-3-4-6-13)19-11-15(22)20-14-9-7-12(17)8-10-14/h7-10,13H,2-6,11H2,1H3,(H,20,22)(H2,18,19,21). The van der Waals surface area contributed by atoms with Crippen LogP contribution < -0.4 is 16.0 Å². The smallest absolute Gasteiger partial charge is 0.246 e. The Morgan fingerprint density at radius 2 is 1.95 bits per heavy atom. The van der Waals surface area contributed by atoms with E-state index in [1.54, 1.807) is 0 Å². The van der Waals surface area contributed by atoms with E-state index in [4.69, 9.17) is 0 Å². The number of nitrogens with zero attached hydrogens (tertiary/aromatic N) is 1. The Bertz CT molecular complexity index is 509. The van der Waals surface area contributed by atoms with Crippen LogP contribution in [0.2, 0.25) is 0 Å². The molecule has 1 aromatic carbocycles. The van der Waals surface area contributed by atoms with E-state index >= 15 is 0 Å². The van der Waals surface area contributed by atoms with E-state index < -0.39 is 0 Å². The highest BCUT2D eigenvalue weighted by Crippen LogP contribution is 2.17. The third-order valence-electron chi connectivity index (χ3n) is 3.55. The Morgan fingerprint density at radius 3 is 2.59 bits per heavy atom. The topological polar surface area (TPSA) is 65.5 Å². The van der Waals surface area contributed by atoms with Crippen molar-refractivity contribution >= 4 is 17.6 Å². The van der Waals surface area contributed by atoms with Crippen molar-refractivity contribution in [3.8, 4) is 0 Å². The van der Waals surface area contributed by atoms with Crippen LogP contribution in [0.5, 0.6) is 0 Å². The first-order valence-corrected chi connectivity index (χ1v) is 7.77. The number of carbonyl (C=O) groups is 1. The molecule has 1 aliphatic rings. The Hall–Kier alpha value is -2.11. The van der Waals surface area contributed by atoms with Gasteiger partial charge in [0.2, 0.25) is 5.91 Å². The molecule has 0 radical (unpaired) electrons. The van der Waals surface area contributed by atoms with Crippen molar-refractivity contribution < 1.29 is 9.18 Å². The van der Waals surface area contributed by atoms with Gasteiger partial charge >= 0.3 is 0 Å². The maximum atomic E-state index is 12.8. The van der Waals surface area contributed by atoms with Gasteiger partial charge in [0.1, 0.15) is 12.4 Å². The van der Waals surface area contributed by atoms with Crippen LogP contribution in [-0.4, -0.2) is 31.0 Å². The molecule has 0 bridgehead atoms. The molecule has 0 heterocycles. The molecule has 1 amide bonds. The first-order chi connectivity index (χ1) is 10.7. The summed E-state index contributed by atoms with van der Waals surface area (Å²) in [7, 11) is 0. The van der Waals surface area contributed by atoms with Crippen LogP contribution in [0.25, 0.3) is 0 Å². The average molecular weight is 306 g/mol. The fourth-order valence-corrected chi connectivity index (χ4v) is 2.47. The van der Waals surface area contributed by atoms with Gasteiger partial charge in [0, 0.05) is 18.3 Å². The van der Waals surface area contributed by atoms with Gasteiger partial charge in [-0.25, -0.2) is 9.38 Å². The van der Waals surface area contributed by atoms with Crippen molar-refractivity contribution in [2.45, 2.75) is 38.6 Å². The summed E-state index contributed by atoms with van der Waals surface area (Å²) in [4.78, 5) is 16.2. The number of rotatable bonds is 5. The molecule has 0 aliphatic heterocycles. The lowest BCUT2D eigenvalue weighted by atomic mass is 10.2. The van der Waals surface area contributed by atoms with Crippen LogP contribution in [0.3, 0.4) is 0 Å². The Labute approximate surface area is 130 Å². The summed E-state index contributed by atoms with van der Waals surface area (Å²) in [5.41, 5.74) is 0.565. The van der Waals surface area contributed by atoms with Crippen molar-refractivity contribution in [2.75, 3.05) is 18.4 Å². The molecule has 1 saturated carbocycles. The number of benzene rings is 1. The number of hydrogen-bond acceptors (Lipinski definition) is 2. The molecule has 2 rings (SSSR count). The fraction of sp³-hybridized carbons (Fsp3) is 0.500. The van der Waals surface area contributed by atoms with Gasteiger partial charge in [-0.3, -0.25) is 4.79 Å². The second-order valence-corrected chi connectivity index (χ2v) is 5.38. The Balaban J connectivity index is 1.85. The lowest BCUT2D eigenvalue weighted by molar-refractivity contribution is -0.114. The SMILES string of the molecule is CCNC(=NCC(=O)Nc1ccc(F)cc1)NC1CCCC1. The average Bonchev–Trinajstić information content (AvgIpc) is 3.00. The van der Waals surface area contributed by atoms with Crippen molar-refractivity contribution in [3.05, 3.63) is 30.1 Å². The van der Waals surface area contributed by atoms with E-state index in [0.717, 1.165) is 19.4 Å². The lowest BCUT2D eigenvalue weighted by Crippen LogP contribution is -2.42. The molecule has 6 heteroatoms. The van der Waals surface area contributed by atoms with Crippen LogP contribution in [0.15, 0.2) is 29.3 Å². The van der Waals surface area contributed by atoms with Gasteiger partial charge in [0.25, 0.3) is 0 Å². The van der Waals surface area contributed by atoms with Crippen LogP contribution in [0, 0.1) is 5.82 Å². The third kappa shape index (κ3) is 5.35. The molecule has 1 fully saturated rings. The van der Waals surface area contributed by atoms with Crippen molar-refractivity contribution in [3.63, 3.8) is 0 Å². The fourth-order valence-electron chi connectivity index (χ4n) is 2.47. The van der Waals surface area contributed by atoms with Crippen LogP contribution in [0.4, 0.5) is 10.1 Å². The van der Waals surface area contributed by atoms with E-state index in [2.05, 4.69) is 20.9 Å². The van der Waals surface area contributed by atoms with Gasteiger partial charge in [0.05, 0.1) is 0 Å². The largest absolute Gasteiger partial charge is 0.357 e. The number of aliphatic imine (C=N–C) groups is 1. The summed E-state index contributed by atoms with van der Waals surface area (Å²) in [5, 5.41) is 9.19. The van der Waals surface area contributed by atoms with E-state index in [1.807, 2.05) is 6.92 Å². The maximum absolute atomic E-state index is 12.8. The van der Waals surface area contributed by atoms with Crippen LogP contribution in [-0.2, 0) is 4.79 Å². The zero-order valence-electron chi connectivity index (χ0n) is 12.9. The number of guanidine groups is 1. The van der Waals surface area contributed by atoms with E-state index in [0.29, 0.717) is 17.7 Å². The zero-order chi connectivity index (χ0) is 15.8. The minimum absolute atomic E-state index is 0.0272. The first-order valence-electron chi connectivity index (χ1n) is 7.77. The van der Waals surface area contributed by atoms with Crippen LogP contribution >= 0.6 is 0 Å². The molecular weight excluding hydrogens is 283 g/mol. The quantitative estimate of drug-likeness (QED) is 0.577. The van der Waals surface area contributed by atoms with Gasteiger partial charge in [0.15, 0.2) is 5.96 Å². The van der Waals surface area contributed by atoms with Crippen LogP contribution in [0.1, 0.15) is 32.6 Å². The molecule has 0 aromatic heterocycles. The minimum atomic E-state index is -0.328. The van der Waals surface area contributed by atoms with E-state index in [1.165, 1.54) is 37.1 Å². The molecule has 1 aliphatic carbocycles. The van der Waals surface area contributed by atoms with E-state index in [9.17, 15) is 9.18 Å². The van der Waals surface area contributed by atoms with Crippen molar-refractivity contribution in [2.24, 2.45) is 4.99 Å². The molecule has 3 N–H and O–H groups in total. The summed E-state index contributed by atoms with van der Waals surface area (Å²) >= 11 is 0. The summed E-state index contributed by atoms with van der Waals surface area (Å²) in [6.45, 7) is 2.77. The number of hydrogen-bond donors (Lipinski definition) is 3. The lowest BCUT2D eigenvalue weighted by Gasteiger charge is -2.16. The minimum Gasteiger partial charge on any atom is -0.357 e. The number of halogens is 1. The molecule has 120 valence electrons. The molecule has 0 atom stereocenters. The van der Waals surface area contributed by atoms with Gasteiger partial charge in [-0.1, -0.05) is 12.8 Å². The second-order valence-electron chi connectivity index (χ2n) is 5.38. The molecule has 22 heavy (non-hydrogen) atoms. The number of carbonyl (C=O) groups excluding carboxylic acids is 1. The maximum Gasteiger partial charge on any atom is 0.246 e. The predicted molar refractivity (Wildman–Crippen MR) is 86.4 cm³/mol. The summed E-state index contributed by atoms with van der Waals surface area (Å²) in [6, 6.07) is 6.12. The Kier molecular flexibility index (Phi) is 6.18. The van der Waals surface area contributed by atoms with Gasteiger partial charge in [-0.2, -0.15) is 0 Å². The second kappa shape index (κ2) is 8.36. The number of nitrogens with one attached hydrogen (secondary N) is 3. The molecule has 5 nitrogen and oxygen atoms in total. The highest BCUT2D eigenvalue weighted by molar-refractivity contribution is 5.94. The number of amides is 1. The van der Waals surface area contributed by atoms with Gasteiger partial charge in [-0.05, 0) is 44.0 Å². The number of anilines is 1. The highest BCUT2D eigenvalue weighted by Gasteiger charge is 2.16. The summed E-state index contributed by atoms with van der Waals surface area (Å²) < 4.78 is 12.8. The molecule has 0 spiro atoms. The summed E-state index contributed by atoms with van der Waals surface area (Å²) in [5.74, 6) is 0.116.